The molecule has 0 spiro atoms. The zero-order valence-corrected chi connectivity index (χ0v) is 13.1. The summed E-state index contributed by atoms with van der Waals surface area (Å²) in [6.07, 6.45) is 4.39. The van der Waals surface area contributed by atoms with E-state index < -0.39 is 0 Å². The van der Waals surface area contributed by atoms with Gasteiger partial charge in [0.2, 0.25) is 0 Å². The van der Waals surface area contributed by atoms with Gasteiger partial charge in [0.05, 0.1) is 11.0 Å². The van der Waals surface area contributed by atoms with Crippen LogP contribution in [0.5, 0.6) is 0 Å². The van der Waals surface area contributed by atoms with E-state index in [1.807, 2.05) is 36.7 Å². The van der Waals surface area contributed by atoms with Gasteiger partial charge in [-0.1, -0.05) is 15.9 Å². The molecule has 5 heteroatoms. The maximum absolute atomic E-state index is 5.90. The minimum absolute atomic E-state index is 0.570. The van der Waals surface area contributed by atoms with Gasteiger partial charge in [-0.05, 0) is 35.9 Å². The van der Waals surface area contributed by atoms with Crippen LogP contribution >= 0.6 is 27.5 Å². The Balaban J connectivity index is 2.09. The van der Waals surface area contributed by atoms with E-state index in [0.717, 1.165) is 34.3 Å². The molecule has 0 atom stereocenters. The average molecular weight is 351 g/mol. The lowest BCUT2D eigenvalue weighted by molar-refractivity contribution is 0.753. The number of rotatable bonds is 4. The third-order valence-electron chi connectivity index (χ3n) is 3.20. The predicted molar refractivity (Wildman–Crippen MR) is 85.2 cm³/mol. The van der Waals surface area contributed by atoms with Gasteiger partial charge < -0.3 is 4.57 Å². The molecule has 102 valence electrons. The fourth-order valence-electron chi connectivity index (χ4n) is 2.28. The monoisotopic (exact) mass is 349 g/mol. The van der Waals surface area contributed by atoms with Crippen molar-refractivity contribution >= 4 is 38.6 Å². The summed E-state index contributed by atoms with van der Waals surface area (Å²) in [5.41, 5.74) is 3.33. The Labute approximate surface area is 130 Å². The molecule has 0 aliphatic rings. The molecular weight excluding hydrogens is 338 g/mol. The summed E-state index contributed by atoms with van der Waals surface area (Å²) >= 11 is 9.39. The zero-order chi connectivity index (χ0) is 13.9. The van der Waals surface area contributed by atoms with Crippen molar-refractivity contribution in [1.29, 1.82) is 0 Å². The van der Waals surface area contributed by atoms with Crippen LogP contribution in [-0.4, -0.2) is 20.4 Å². The molecule has 1 aromatic carbocycles. The van der Waals surface area contributed by atoms with E-state index in [1.54, 1.807) is 0 Å². The van der Waals surface area contributed by atoms with E-state index in [4.69, 9.17) is 16.6 Å². The number of halogens is 2. The highest BCUT2D eigenvalue weighted by Gasteiger charge is 2.11. The SMILES string of the molecule is ClCCc1nc2cc(Br)ccc2n1Cc1ccncc1. The lowest BCUT2D eigenvalue weighted by atomic mass is 10.2. The largest absolute Gasteiger partial charge is 0.323 e. The number of pyridine rings is 1. The number of nitrogens with zero attached hydrogens (tertiary/aromatic N) is 3. The van der Waals surface area contributed by atoms with Gasteiger partial charge in [0, 0.05) is 35.7 Å². The van der Waals surface area contributed by atoms with Crippen molar-refractivity contribution in [2.45, 2.75) is 13.0 Å². The van der Waals surface area contributed by atoms with Gasteiger partial charge in [-0.3, -0.25) is 4.98 Å². The molecule has 0 saturated heterocycles. The van der Waals surface area contributed by atoms with E-state index in [-0.39, 0.29) is 0 Å². The molecule has 20 heavy (non-hydrogen) atoms. The van der Waals surface area contributed by atoms with E-state index in [1.165, 1.54) is 5.56 Å². The molecule has 0 bridgehead atoms. The first-order chi connectivity index (χ1) is 9.78. The second-order valence-electron chi connectivity index (χ2n) is 4.54. The molecule has 0 saturated carbocycles. The van der Waals surface area contributed by atoms with Gasteiger partial charge in [-0.25, -0.2) is 4.98 Å². The van der Waals surface area contributed by atoms with Crippen LogP contribution in [-0.2, 0) is 13.0 Å². The van der Waals surface area contributed by atoms with Gasteiger partial charge in [0.25, 0.3) is 0 Å². The molecule has 0 amide bonds. The van der Waals surface area contributed by atoms with Crippen molar-refractivity contribution in [3.63, 3.8) is 0 Å². The molecule has 2 heterocycles. The van der Waals surface area contributed by atoms with Crippen molar-refractivity contribution in [1.82, 2.24) is 14.5 Å². The lowest BCUT2D eigenvalue weighted by Crippen LogP contribution is -2.06. The molecule has 0 fully saturated rings. The summed E-state index contributed by atoms with van der Waals surface area (Å²) in [5.74, 6) is 1.59. The van der Waals surface area contributed by atoms with Gasteiger partial charge in [0.1, 0.15) is 5.82 Å². The summed E-state index contributed by atoms with van der Waals surface area (Å²) in [4.78, 5) is 8.75. The number of fused-ring (bicyclic) bond motifs is 1. The first-order valence-corrected chi connectivity index (χ1v) is 7.70. The smallest absolute Gasteiger partial charge is 0.111 e. The number of hydrogen-bond donors (Lipinski definition) is 0. The summed E-state index contributed by atoms with van der Waals surface area (Å²) in [5, 5.41) is 0. The van der Waals surface area contributed by atoms with E-state index in [2.05, 4.69) is 31.5 Å². The quantitative estimate of drug-likeness (QED) is 0.665. The highest BCUT2D eigenvalue weighted by atomic mass is 79.9. The van der Waals surface area contributed by atoms with E-state index in [0.29, 0.717) is 5.88 Å². The molecule has 3 rings (SSSR count). The third kappa shape index (κ3) is 2.72. The highest BCUT2D eigenvalue weighted by Crippen LogP contribution is 2.22. The van der Waals surface area contributed by atoms with Crippen LogP contribution in [0.4, 0.5) is 0 Å². The number of benzene rings is 1. The van der Waals surface area contributed by atoms with Crippen LogP contribution in [0, 0.1) is 0 Å². The van der Waals surface area contributed by atoms with Crippen molar-refractivity contribution < 1.29 is 0 Å². The number of aryl methyl sites for hydroxylation is 1. The first-order valence-electron chi connectivity index (χ1n) is 6.37. The second-order valence-corrected chi connectivity index (χ2v) is 5.84. The van der Waals surface area contributed by atoms with Crippen molar-refractivity contribution in [3.05, 3.63) is 58.6 Å². The molecule has 3 aromatic rings. The number of aromatic nitrogens is 3. The average Bonchev–Trinajstić information content (AvgIpc) is 2.77. The van der Waals surface area contributed by atoms with Crippen LogP contribution < -0.4 is 0 Å². The minimum Gasteiger partial charge on any atom is -0.323 e. The Morgan fingerprint density at radius 1 is 1.15 bits per heavy atom. The van der Waals surface area contributed by atoms with E-state index in [9.17, 15) is 0 Å². The minimum atomic E-state index is 0.570. The van der Waals surface area contributed by atoms with Gasteiger partial charge >= 0.3 is 0 Å². The summed E-state index contributed by atoms with van der Waals surface area (Å²) in [7, 11) is 0. The topological polar surface area (TPSA) is 30.7 Å². The maximum Gasteiger partial charge on any atom is 0.111 e. The summed E-state index contributed by atoms with van der Waals surface area (Å²) in [6, 6.07) is 10.2. The van der Waals surface area contributed by atoms with Gasteiger partial charge in [0.15, 0.2) is 0 Å². The van der Waals surface area contributed by atoms with Gasteiger partial charge in [-0.15, -0.1) is 11.6 Å². The summed E-state index contributed by atoms with van der Waals surface area (Å²) < 4.78 is 3.26. The molecule has 0 N–H and O–H groups in total. The molecule has 0 unspecified atom stereocenters. The fraction of sp³-hybridized carbons (Fsp3) is 0.200. The van der Waals surface area contributed by atoms with Crippen LogP contribution in [0.25, 0.3) is 11.0 Å². The maximum atomic E-state index is 5.90. The Kier molecular flexibility index (Phi) is 4.03. The highest BCUT2D eigenvalue weighted by molar-refractivity contribution is 9.10. The Morgan fingerprint density at radius 2 is 1.95 bits per heavy atom. The number of hydrogen-bond acceptors (Lipinski definition) is 2. The first kappa shape index (κ1) is 13.6. The normalized spacial score (nSPS) is 11.1. The van der Waals surface area contributed by atoms with Crippen LogP contribution in [0.2, 0.25) is 0 Å². The number of imidazole rings is 1. The van der Waals surface area contributed by atoms with E-state index >= 15 is 0 Å². The molecule has 3 nitrogen and oxygen atoms in total. The Morgan fingerprint density at radius 3 is 2.70 bits per heavy atom. The molecule has 2 aromatic heterocycles. The fourth-order valence-corrected chi connectivity index (χ4v) is 2.79. The Bertz CT molecular complexity index is 725. The Hall–Kier alpha value is -1.39. The van der Waals surface area contributed by atoms with Crippen LogP contribution in [0.3, 0.4) is 0 Å². The van der Waals surface area contributed by atoms with Crippen molar-refractivity contribution in [3.8, 4) is 0 Å². The predicted octanol–water partition coefficient (Wildman–Crippen LogP) is 4.02. The molecule has 0 radical (unpaired) electrons. The molecule has 0 aliphatic heterocycles. The number of alkyl halides is 1. The van der Waals surface area contributed by atoms with Gasteiger partial charge in [-0.2, -0.15) is 0 Å². The van der Waals surface area contributed by atoms with Crippen molar-refractivity contribution in [2.24, 2.45) is 0 Å². The molecular formula is C15H13BrClN3. The van der Waals surface area contributed by atoms with Crippen LogP contribution in [0.1, 0.15) is 11.4 Å². The second kappa shape index (κ2) is 5.94. The zero-order valence-electron chi connectivity index (χ0n) is 10.8. The van der Waals surface area contributed by atoms with Crippen molar-refractivity contribution in [2.75, 3.05) is 5.88 Å². The summed E-state index contributed by atoms with van der Waals surface area (Å²) in [6.45, 7) is 0.785. The third-order valence-corrected chi connectivity index (χ3v) is 3.88. The lowest BCUT2D eigenvalue weighted by Gasteiger charge is -2.08. The van der Waals surface area contributed by atoms with Crippen LogP contribution in [0.15, 0.2) is 47.2 Å². The molecule has 0 aliphatic carbocycles. The standard InChI is InChI=1S/C15H13BrClN3/c16-12-1-2-14-13(9-12)19-15(3-6-17)20(14)10-11-4-7-18-8-5-11/h1-2,4-5,7-9H,3,6,10H2.